The zero-order valence-electron chi connectivity index (χ0n) is 31.0. The van der Waals surface area contributed by atoms with Gasteiger partial charge < -0.3 is 33.0 Å². The highest BCUT2D eigenvalue weighted by Gasteiger charge is 2.52. The number of para-hydroxylation sites is 2. The van der Waals surface area contributed by atoms with E-state index in [4.69, 9.17) is 23.3 Å². The van der Waals surface area contributed by atoms with Gasteiger partial charge in [-0.3, -0.25) is 28.7 Å². The van der Waals surface area contributed by atoms with Crippen molar-refractivity contribution in [3.05, 3.63) is 155 Å². The van der Waals surface area contributed by atoms with E-state index >= 15 is 0 Å². The van der Waals surface area contributed by atoms with Crippen LogP contribution in [0.5, 0.6) is 0 Å². The molecule has 1 aliphatic rings. The number of aromatic nitrogens is 3. The summed E-state index contributed by atoms with van der Waals surface area (Å²) in [4.78, 5) is 70.9. The van der Waals surface area contributed by atoms with E-state index in [1.165, 1.54) is 22.9 Å². The molecule has 306 valence electrons. The Bertz CT molecular complexity index is 2560. The van der Waals surface area contributed by atoms with Crippen LogP contribution in [0.4, 0.5) is 21.0 Å². The van der Waals surface area contributed by atoms with Crippen LogP contribution < -0.4 is 26.1 Å². The summed E-state index contributed by atoms with van der Waals surface area (Å²) in [7, 11) is -11.3. The second-order valence-corrected chi connectivity index (χ2v) is 16.0. The number of carbonyl (C=O) groups is 2. The number of phosphoric acid groups is 2. The minimum absolute atomic E-state index is 0.259. The van der Waals surface area contributed by atoms with E-state index in [1.807, 2.05) is 31.2 Å². The second-order valence-electron chi connectivity index (χ2n) is 13.0. The largest absolute Gasteiger partial charge is 0.756 e. The van der Waals surface area contributed by atoms with Crippen LogP contribution in [-0.2, 0) is 43.3 Å². The van der Waals surface area contributed by atoms with Gasteiger partial charge >= 0.3 is 17.9 Å². The van der Waals surface area contributed by atoms with Gasteiger partial charge in [0.05, 0.1) is 18.9 Å². The highest BCUT2D eigenvalue weighted by Crippen LogP contribution is 2.56. The smallest absolute Gasteiger partial charge is 0.412 e. The predicted octanol–water partition coefficient (Wildman–Crippen LogP) is 5.79. The number of nitrogens with zero attached hydrogens (tertiary/aromatic N) is 3. The average Bonchev–Trinajstić information content (AvgIpc) is 3.79. The molecule has 4 aromatic carbocycles. The topological polar surface area (TPSA) is 233 Å². The van der Waals surface area contributed by atoms with Crippen LogP contribution in [0.2, 0.25) is 0 Å². The Kier molecular flexibility index (Phi) is 12.5. The lowest BCUT2D eigenvalue weighted by Gasteiger charge is -2.31. The van der Waals surface area contributed by atoms with Crippen LogP contribution in [-0.4, -0.2) is 51.1 Å². The normalized spacial score (nSPS) is 19.6. The van der Waals surface area contributed by atoms with Gasteiger partial charge in [-0.15, -0.1) is 0 Å². The molecule has 20 heteroatoms. The van der Waals surface area contributed by atoms with Crippen molar-refractivity contribution in [2.75, 3.05) is 17.2 Å². The van der Waals surface area contributed by atoms with Gasteiger partial charge in [-0.05, 0) is 42.8 Å². The first-order valence-corrected chi connectivity index (χ1v) is 20.8. The molecule has 2 N–H and O–H groups in total. The maximum absolute atomic E-state index is 14.2. The molecule has 6 atom stereocenters. The van der Waals surface area contributed by atoms with Gasteiger partial charge in [0.2, 0.25) is 0 Å². The monoisotopic (exact) mass is 843 g/mol. The molecule has 1 saturated heterocycles. The molecule has 1 fully saturated rings. The highest BCUT2D eigenvalue weighted by molar-refractivity contribution is 7.59. The number of rotatable bonds is 14. The summed E-state index contributed by atoms with van der Waals surface area (Å²) in [5.74, 6) is 0. The quantitative estimate of drug-likeness (QED) is 0.124. The lowest BCUT2D eigenvalue weighted by atomic mass is 10.1. The summed E-state index contributed by atoms with van der Waals surface area (Å²) in [6, 6.07) is 33.3. The molecule has 0 bridgehead atoms. The molecular weight excluding hydrogens is 808 g/mol. The number of phosphoric ester groups is 2. The number of carbonyl (C=O) groups excluding carboxylic acids is 2. The van der Waals surface area contributed by atoms with Gasteiger partial charge in [-0.25, -0.2) is 23.7 Å². The van der Waals surface area contributed by atoms with Crippen LogP contribution in [0.25, 0.3) is 16.9 Å². The fourth-order valence-electron chi connectivity index (χ4n) is 6.04. The van der Waals surface area contributed by atoms with E-state index in [2.05, 4.69) is 19.9 Å². The standard InChI is InChI=1S/C39H37N5O13P2/c1-26-17-19-28(20-18-26)31-23-44-33(42-31)21-22-43(39(44)47)36-35(56-38(46)41-30-15-9-4-10-16-30)34(55-37(45)40-29-13-7-3-8-14-29)32(54-36)25-53-59(50,51)57-58(48,49)52-24-27-11-5-2-6-12-27/h2-23,32,34-36H,24-25H2,1H3,(H,40,45)(H,41,46)(H,48,49)(H,50,51)/p-2/t32-,34?,35+,36-/m1/s1. The van der Waals surface area contributed by atoms with E-state index < -0.39 is 71.3 Å². The summed E-state index contributed by atoms with van der Waals surface area (Å²) in [6.45, 7) is 0.340. The van der Waals surface area contributed by atoms with Crippen molar-refractivity contribution >= 4 is 44.9 Å². The molecular formula is C39H35N5O13P2-2. The fourth-order valence-corrected chi connectivity index (χ4v) is 8.03. The molecule has 3 heterocycles. The molecule has 59 heavy (non-hydrogen) atoms. The van der Waals surface area contributed by atoms with Gasteiger partial charge in [-0.2, -0.15) is 0 Å². The Morgan fingerprint density at radius 3 is 1.93 bits per heavy atom. The number of hydrogen-bond donors (Lipinski definition) is 2. The van der Waals surface area contributed by atoms with Crippen molar-refractivity contribution in [2.24, 2.45) is 0 Å². The first-order valence-electron chi connectivity index (χ1n) is 17.9. The molecule has 0 spiro atoms. The Hall–Kier alpha value is -5.94. The van der Waals surface area contributed by atoms with Gasteiger partial charge in [0.1, 0.15) is 11.8 Å². The number of nitrogens with one attached hydrogen (secondary N) is 2. The summed E-state index contributed by atoms with van der Waals surface area (Å²) in [5, 5.41) is 5.06. The van der Waals surface area contributed by atoms with Crippen molar-refractivity contribution in [3.63, 3.8) is 0 Å². The van der Waals surface area contributed by atoms with Crippen LogP contribution in [0.1, 0.15) is 17.4 Å². The Labute approximate surface area is 336 Å². The van der Waals surface area contributed by atoms with Crippen molar-refractivity contribution < 1.29 is 56.1 Å². The minimum atomic E-state index is -5.75. The van der Waals surface area contributed by atoms with E-state index in [0.29, 0.717) is 22.6 Å². The number of fused-ring (bicyclic) bond motifs is 1. The number of imidazole rings is 1. The average molecular weight is 844 g/mol. The van der Waals surface area contributed by atoms with Crippen LogP contribution >= 0.6 is 15.6 Å². The third kappa shape index (κ3) is 10.6. The first kappa shape index (κ1) is 41.2. The predicted molar refractivity (Wildman–Crippen MR) is 208 cm³/mol. The summed E-state index contributed by atoms with van der Waals surface area (Å²) in [6.07, 6.45) is -5.97. The molecule has 0 radical (unpaired) electrons. The maximum Gasteiger partial charge on any atom is 0.412 e. The Morgan fingerprint density at radius 2 is 1.32 bits per heavy atom. The van der Waals surface area contributed by atoms with Crippen LogP contribution in [0, 0.1) is 6.92 Å². The molecule has 2 amide bonds. The van der Waals surface area contributed by atoms with Crippen LogP contribution in [0.15, 0.2) is 139 Å². The van der Waals surface area contributed by atoms with Gasteiger partial charge in [-0.1, -0.05) is 96.6 Å². The molecule has 1 aliphatic heterocycles. The van der Waals surface area contributed by atoms with E-state index in [-0.39, 0.29) is 5.65 Å². The van der Waals surface area contributed by atoms with Gasteiger partial charge in [0.25, 0.3) is 15.6 Å². The molecule has 6 aromatic rings. The second kappa shape index (κ2) is 17.9. The van der Waals surface area contributed by atoms with Crippen molar-refractivity contribution in [2.45, 2.75) is 38.1 Å². The number of hydrogen-bond acceptors (Lipinski definition) is 14. The van der Waals surface area contributed by atoms with E-state index in [9.17, 15) is 33.3 Å². The number of amides is 2. The van der Waals surface area contributed by atoms with Gasteiger partial charge in [0.15, 0.2) is 18.4 Å². The number of ether oxygens (including phenoxy) is 3. The highest BCUT2D eigenvalue weighted by atomic mass is 31.3. The first-order chi connectivity index (χ1) is 28.3. The van der Waals surface area contributed by atoms with Crippen molar-refractivity contribution in [1.82, 2.24) is 14.0 Å². The maximum atomic E-state index is 14.2. The molecule has 3 unspecified atom stereocenters. The lowest BCUT2D eigenvalue weighted by Crippen LogP contribution is -2.43. The number of anilines is 2. The fraction of sp³-hybridized carbons (Fsp3) is 0.179. The van der Waals surface area contributed by atoms with E-state index in [1.54, 1.807) is 91.0 Å². The third-order valence-corrected chi connectivity index (χ3v) is 11.3. The van der Waals surface area contributed by atoms with E-state index in [0.717, 1.165) is 15.7 Å². The Balaban J connectivity index is 1.20. The lowest BCUT2D eigenvalue weighted by molar-refractivity contribution is -0.246. The SMILES string of the molecule is Cc1ccc(-c2cn3c(=O)n([C@@H]4O[C@H](COP(=O)([O-])OP(=O)([O-])OCc5ccccc5)C(OC(=O)Nc5ccccc5)[C@@H]4OC(=O)Nc4ccccc4)ccc3n2)cc1. The van der Waals surface area contributed by atoms with Crippen molar-refractivity contribution in [1.29, 1.82) is 0 Å². The Morgan fingerprint density at radius 1 is 0.763 bits per heavy atom. The van der Waals surface area contributed by atoms with Crippen LogP contribution in [0.3, 0.4) is 0 Å². The molecule has 0 saturated carbocycles. The number of aryl methyl sites for hydroxylation is 1. The zero-order valence-corrected chi connectivity index (χ0v) is 32.8. The zero-order chi connectivity index (χ0) is 41.6. The summed E-state index contributed by atoms with van der Waals surface area (Å²) < 4.78 is 59.4. The third-order valence-electron chi connectivity index (χ3n) is 8.81. The summed E-state index contributed by atoms with van der Waals surface area (Å²) in [5.41, 5.74) is 2.80. The summed E-state index contributed by atoms with van der Waals surface area (Å²) >= 11 is 0. The molecule has 0 aliphatic carbocycles. The van der Waals surface area contributed by atoms with Crippen molar-refractivity contribution in [3.8, 4) is 11.3 Å². The molecule has 18 nitrogen and oxygen atoms in total. The van der Waals surface area contributed by atoms with Gasteiger partial charge in [0, 0.05) is 29.3 Å². The minimum Gasteiger partial charge on any atom is -0.756 e. The number of benzene rings is 4. The molecule has 7 rings (SSSR count). The molecule has 2 aromatic heterocycles.